The van der Waals surface area contributed by atoms with E-state index in [1.54, 1.807) is 6.26 Å². The lowest BCUT2D eigenvalue weighted by Crippen LogP contribution is -2.52. The van der Waals surface area contributed by atoms with Crippen LogP contribution in [0.15, 0.2) is 57.1 Å². The Morgan fingerprint density at radius 2 is 1.96 bits per heavy atom. The fourth-order valence-corrected chi connectivity index (χ4v) is 3.91. The van der Waals surface area contributed by atoms with Crippen molar-refractivity contribution in [2.45, 2.75) is 24.8 Å². The molecule has 2 heterocycles. The van der Waals surface area contributed by atoms with Crippen molar-refractivity contribution < 1.29 is 4.52 Å². The Bertz CT molecular complexity index is 675. The third-order valence-corrected chi connectivity index (χ3v) is 5.56. The van der Waals surface area contributed by atoms with E-state index in [1.165, 1.54) is 4.90 Å². The van der Waals surface area contributed by atoms with Gasteiger partial charge in [0.25, 0.3) is 0 Å². The lowest BCUT2D eigenvalue weighted by molar-refractivity contribution is 0.169. The summed E-state index contributed by atoms with van der Waals surface area (Å²) in [5, 5.41) is 7.45. The number of hydrogen-bond acceptors (Lipinski definition) is 5. The molecule has 0 spiro atoms. The molecular formula is C20H30IN5OS. The monoisotopic (exact) mass is 515 g/mol. The summed E-state index contributed by atoms with van der Waals surface area (Å²) in [6.07, 6.45) is 2.72. The number of hydrogen-bond donors (Lipinski definition) is 1. The number of benzene rings is 1. The molecule has 6 nitrogen and oxygen atoms in total. The molecule has 0 saturated carbocycles. The summed E-state index contributed by atoms with van der Waals surface area (Å²) in [6.45, 7) is 8.75. The minimum atomic E-state index is 0. The zero-order valence-electron chi connectivity index (χ0n) is 16.4. The molecule has 1 aliphatic rings. The lowest BCUT2D eigenvalue weighted by atomic mass is 10.3. The van der Waals surface area contributed by atoms with Crippen molar-refractivity contribution >= 4 is 41.7 Å². The number of aliphatic imine (C=N–C) groups is 1. The molecule has 0 amide bonds. The van der Waals surface area contributed by atoms with Gasteiger partial charge in [0.05, 0.1) is 5.69 Å². The molecule has 1 aliphatic heterocycles. The van der Waals surface area contributed by atoms with Crippen LogP contribution in [0.5, 0.6) is 0 Å². The van der Waals surface area contributed by atoms with Gasteiger partial charge in [0.15, 0.2) is 5.96 Å². The summed E-state index contributed by atoms with van der Waals surface area (Å²) < 4.78 is 4.92. The minimum Gasteiger partial charge on any atom is -0.364 e. The summed E-state index contributed by atoms with van der Waals surface area (Å²) >= 11 is 1.90. The van der Waals surface area contributed by atoms with Crippen LogP contribution in [0.25, 0.3) is 0 Å². The maximum absolute atomic E-state index is 4.92. The first-order chi connectivity index (χ1) is 13.3. The van der Waals surface area contributed by atoms with Gasteiger partial charge in [-0.2, -0.15) is 0 Å². The zero-order valence-corrected chi connectivity index (χ0v) is 19.6. The first-order valence-corrected chi connectivity index (χ1v) is 10.7. The van der Waals surface area contributed by atoms with Crippen LogP contribution in [-0.4, -0.2) is 65.9 Å². The third kappa shape index (κ3) is 7.63. The van der Waals surface area contributed by atoms with Gasteiger partial charge < -0.3 is 14.7 Å². The van der Waals surface area contributed by atoms with Crippen molar-refractivity contribution in [3.63, 3.8) is 0 Å². The second-order valence-electron chi connectivity index (χ2n) is 6.50. The van der Waals surface area contributed by atoms with Crippen LogP contribution < -0.4 is 5.32 Å². The highest BCUT2D eigenvalue weighted by Crippen LogP contribution is 2.17. The number of piperazine rings is 1. The number of rotatable bonds is 8. The summed E-state index contributed by atoms with van der Waals surface area (Å²) in [5.74, 6) is 2.14. The largest absolute Gasteiger partial charge is 0.364 e. The SMILES string of the molecule is CCNC(=NCCCSc1ccccc1)N1CCN(Cc2ccon2)CC1.I. The molecule has 8 heteroatoms. The molecule has 0 unspecified atom stereocenters. The fourth-order valence-electron chi connectivity index (χ4n) is 3.05. The van der Waals surface area contributed by atoms with Crippen molar-refractivity contribution in [3.8, 4) is 0 Å². The van der Waals surface area contributed by atoms with Crippen LogP contribution >= 0.6 is 35.7 Å². The average Bonchev–Trinajstić information content (AvgIpc) is 3.21. The second kappa shape index (κ2) is 13.1. The van der Waals surface area contributed by atoms with Crippen LogP contribution in [0, 0.1) is 0 Å². The molecule has 1 saturated heterocycles. The smallest absolute Gasteiger partial charge is 0.194 e. The van der Waals surface area contributed by atoms with E-state index >= 15 is 0 Å². The van der Waals surface area contributed by atoms with Gasteiger partial charge in [-0.25, -0.2) is 0 Å². The maximum Gasteiger partial charge on any atom is 0.194 e. The Morgan fingerprint density at radius 3 is 2.64 bits per heavy atom. The normalized spacial score (nSPS) is 15.3. The molecule has 0 radical (unpaired) electrons. The van der Waals surface area contributed by atoms with Gasteiger partial charge in [-0.15, -0.1) is 35.7 Å². The number of halogens is 1. The first kappa shape index (κ1) is 23.0. The number of nitrogens with zero attached hydrogens (tertiary/aromatic N) is 4. The quantitative estimate of drug-likeness (QED) is 0.191. The fraction of sp³-hybridized carbons (Fsp3) is 0.500. The van der Waals surface area contributed by atoms with E-state index in [0.29, 0.717) is 0 Å². The topological polar surface area (TPSA) is 56.9 Å². The Hall–Kier alpha value is -1.26. The average molecular weight is 515 g/mol. The highest BCUT2D eigenvalue weighted by Gasteiger charge is 2.20. The van der Waals surface area contributed by atoms with Crippen LogP contribution in [0.1, 0.15) is 19.0 Å². The zero-order chi connectivity index (χ0) is 18.7. The predicted octanol–water partition coefficient (Wildman–Crippen LogP) is 3.56. The molecule has 1 aromatic heterocycles. The number of aromatic nitrogens is 1. The number of thioether (sulfide) groups is 1. The second-order valence-corrected chi connectivity index (χ2v) is 7.67. The van der Waals surface area contributed by atoms with Crippen molar-refractivity contribution in [2.24, 2.45) is 4.99 Å². The molecule has 154 valence electrons. The van der Waals surface area contributed by atoms with Crippen molar-refractivity contribution in [1.82, 2.24) is 20.3 Å². The number of guanidine groups is 1. The molecule has 0 atom stereocenters. The lowest BCUT2D eigenvalue weighted by Gasteiger charge is -2.36. The Morgan fingerprint density at radius 1 is 1.18 bits per heavy atom. The summed E-state index contributed by atoms with van der Waals surface area (Å²) in [4.78, 5) is 11.0. The first-order valence-electron chi connectivity index (χ1n) is 9.68. The Kier molecular flexibility index (Phi) is 10.7. The van der Waals surface area contributed by atoms with Gasteiger partial charge in [0, 0.05) is 56.8 Å². The molecule has 1 aromatic carbocycles. The predicted molar refractivity (Wildman–Crippen MR) is 127 cm³/mol. The molecular weight excluding hydrogens is 485 g/mol. The van der Waals surface area contributed by atoms with Crippen LogP contribution in [0.4, 0.5) is 0 Å². The van der Waals surface area contributed by atoms with Gasteiger partial charge in [-0.1, -0.05) is 23.4 Å². The van der Waals surface area contributed by atoms with Gasteiger partial charge in [-0.05, 0) is 31.2 Å². The maximum atomic E-state index is 4.92. The van der Waals surface area contributed by atoms with Crippen LogP contribution in [0.3, 0.4) is 0 Å². The molecule has 1 fully saturated rings. The molecule has 0 aliphatic carbocycles. The molecule has 28 heavy (non-hydrogen) atoms. The van der Waals surface area contributed by atoms with Gasteiger partial charge in [-0.3, -0.25) is 9.89 Å². The van der Waals surface area contributed by atoms with Gasteiger partial charge in [0.2, 0.25) is 0 Å². The number of nitrogens with one attached hydrogen (secondary N) is 1. The minimum absolute atomic E-state index is 0. The third-order valence-electron chi connectivity index (χ3n) is 4.46. The van der Waals surface area contributed by atoms with Crippen molar-refractivity contribution in [2.75, 3.05) is 45.0 Å². The van der Waals surface area contributed by atoms with E-state index in [0.717, 1.165) is 69.6 Å². The van der Waals surface area contributed by atoms with E-state index in [1.807, 2.05) is 17.8 Å². The Labute approximate surface area is 189 Å². The van der Waals surface area contributed by atoms with Crippen molar-refractivity contribution in [1.29, 1.82) is 0 Å². The van der Waals surface area contributed by atoms with Crippen molar-refractivity contribution in [3.05, 3.63) is 48.4 Å². The van der Waals surface area contributed by atoms with E-state index in [2.05, 4.69) is 57.5 Å². The summed E-state index contributed by atoms with van der Waals surface area (Å²) in [7, 11) is 0. The highest BCUT2D eigenvalue weighted by atomic mass is 127. The summed E-state index contributed by atoms with van der Waals surface area (Å²) in [5.41, 5.74) is 1.000. The van der Waals surface area contributed by atoms with Gasteiger partial charge in [0.1, 0.15) is 6.26 Å². The summed E-state index contributed by atoms with van der Waals surface area (Å²) in [6, 6.07) is 12.5. The van der Waals surface area contributed by atoms with E-state index in [9.17, 15) is 0 Å². The van der Waals surface area contributed by atoms with Crippen LogP contribution in [0.2, 0.25) is 0 Å². The standard InChI is InChI=1S/C20H29N5OS.HI/c1-2-21-20(22-10-6-16-27-19-7-4-3-5-8-19)25-13-11-24(12-14-25)17-18-9-15-26-23-18;/h3-5,7-9,15H,2,6,10-14,16-17H2,1H3,(H,21,22);1H. The molecule has 1 N–H and O–H groups in total. The highest BCUT2D eigenvalue weighted by molar-refractivity contribution is 14.0. The van der Waals surface area contributed by atoms with Crippen LogP contribution in [-0.2, 0) is 6.54 Å². The Balaban J connectivity index is 0.00000280. The van der Waals surface area contributed by atoms with Gasteiger partial charge >= 0.3 is 0 Å². The van der Waals surface area contributed by atoms with E-state index in [4.69, 9.17) is 9.52 Å². The molecule has 0 bridgehead atoms. The van der Waals surface area contributed by atoms with E-state index in [-0.39, 0.29) is 24.0 Å². The molecule has 3 rings (SSSR count). The molecule has 2 aromatic rings. The van der Waals surface area contributed by atoms with E-state index < -0.39 is 0 Å².